The van der Waals surface area contributed by atoms with Crippen LogP contribution in [0.25, 0.3) is 0 Å². The third kappa shape index (κ3) is 6.64. The van der Waals surface area contributed by atoms with Crippen molar-refractivity contribution in [3.8, 4) is 11.8 Å². The number of amides is 2. The van der Waals surface area contributed by atoms with Gasteiger partial charge in [0.1, 0.15) is 34.7 Å². The number of carbonyl (C=O) groups is 3. The van der Waals surface area contributed by atoms with E-state index in [1.807, 2.05) is 11.0 Å². The molecule has 1 N–H and O–H groups in total. The van der Waals surface area contributed by atoms with E-state index in [-0.39, 0.29) is 5.91 Å². The zero-order valence-electron chi connectivity index (χ0n) is 23.6. The van der Waals surface area contributed by atoms with E-state index in [1.165, 1.54) is 6.20 Å². The molecule has 0 spiro atoms. The van der Waals surface area contributed by atoms with Gasteiger partial charge < -0.3 is 19.9 Å². The van der Waals surface area contributed by atoms with Crippen LogP contribution in [0.1, 0.15) is 46.4 Å². The van der Waals surface area contributed by atoms with E-state index in [0.29, 0.717) is 61.1 Å². The number of ether oxygens (including phenoxy) is 1. The SMILES string of the molecule is CN1CC(N2CCN(Cc3cc4c(nc3C=O)N(C=O)CCC4)C(=O)C2)C1.CNc1cc(OC2CC2)c(C#N)cn1. The lowest BCUT2D eigenvalue weighted by Crippen LogP contribution is -2.63. The first-order chi connectivity index (χ1) is 19.9. The van der Waals surface area contributed by atoms with Gasteiger partial charge in [-0.1, -0.05) is 0 Å². The molecule has 1 saturated carbocycles. The number of hydrogen-bond donors (Lipinski definition) is 1. The zero-order chi connectivity index (χ0) is 28.9. The smallest absolute Gasteiger partial charge is 0.237 e. The largest absolute Gasteiger partial charge is 0.489 e. The van der Waals surface area contributed by atoms with Crippen LogP contribution in [-0.4, -0.2) is 109 Å². The van der Waals surface area contributed by atoms with Crippen molar-refractivity contribution in [2.24, 2.45) is 0 Å². The lowest BCUT2D eigenvalue weighted by Gasteiger charge is -2.46. The Hall–Kier alpha value is -4.08. The average molecular weight is 561 g/mol. The molecule has 41 heavy (non-hydrogen) atoms. The van der Waals surface area contributed by atoms with Gasteiger partial charge >= 0.3 is 0 Å². The number of fused-ring (bicyclic) bond motifs is 1. The van der Waals surface area contributed by atoms with E-state index in [0.717, 1.165) is 75.0 Å². The first-order valence-corrected chi connectivity index (χ1v) is 14.1. The summed E-state index contributed by atoms with van der Waals surface area (Å²) in [6, 6.07) is 6.25. The highest BCUT2D eigenvalue weighted by Crippen LogP contribution is 2.30. The molecule has 2 amide bonds. The lowest BCUT2D eigenvalue weighted by atomic mass is 10.0. The number of nitrogens with zero attached hydrogens (tertiary/aromatic N) is 7. The number of carbonyl (C=O) groups excluding carboxylic acids is 3. The summed E-state index contributed by atoms with van der Waals surface area (Å²) in [7, 11) is 3.87. The van der Waals surface area contributed by atoms with Crippen molar-refractivity contribution in [2.45, 2.75) is 44.4 Å². The molecule has 0 radical (unpaired) electrons. The van der Waals surface area contributed by atoms with Gasteiger partial charge in [0.2, 0.25) is 12.3 Å². The van der Waals surface area contributed by atoms with Gasteiger partial charge in [-0.25, -0.2) is 9.97 Å². The number of piperazine rings is 1. The molecule has 3 aliphatic heterocycles. The van der Waals surface area contributed by atoms with E-state index >= 15 is 0 Å². The molecule has 3 fully saturated rings. The fourth-order valence-corrected chi connectivity index (χ4v) is 5.34. The summed E-state index contributed by atoms with van der Waals surface area (Å²) in [5, 5.41) is 11.7. The van der Waals surface area contributed by atoms with Crippen LogP contribution in [0.5, 0.6) is 5.75 Å². The summed E-state index contributed by atoms with van der Waals surface area (Å²) < 4.78 is 5.59. The minimum atomic E-state index is 0.0971. The summed E-state index contributed by atoms with van der Waals surface area (Å²) in [6.07, 6.45) is 7.19. The summed E-state index contributed by atoms with van der Waals surface area (Å²) in [4.78, 5) is 51.8. The maximum Gasteiger partial charge on any atom is 0.237 e. The Morgan fingerprint density at radius 1 is 1.20 bits per heavy atom. The number of nitrogens with one attached hydrogen (secondary N) is 1. The number of rotatable bonds is 8. The van der Waals surface area contributed by atoms with E-state index in [1.54, 1.807) is 18.0 Å². The molecule has 0 unspecified atom stereocenters. The summed E-state index contributed by atoms with van der Waals surface area (Å²) in [5.74, 6) is 2.03. The van der Waals surface area contributed by atoms with Gasteiger partial charge in [-0.15, -0.1) is 0 Å². The molecule has 2 aromatic rings. The fourth-order valence-electron chi connectivity index (χ4n) is 5.34. The number of aryl methyl sites for hydroxylation is 1. The van der Waals surface area contributed by atoms with E-state index in [9.17, 15) is 14.4 Å². The maximum atomic E-state index is 12.6. The second-order valence-electron chi connectivity index (χ2n) is 10.9. The van der Waals surface area contributed by atoms with E-state index in [2.05, 4.69) is 38.2 Å². The minimum Gasteiger partial charge on any atom is -0.489 e. The van der Waals surface area contributed by atoms with Crippen LogP contribution >= 0.6 is 0 Å². The van der Waals surface area contributed by atoms with Crippen LogP contribution in [0, 0.1) is 11.3 Å². The van der Waals surface area contributed by atoms with Crippen molar-refractivity contribution in [2.75, 3.05) is 63.6 Å². The molecule has 12 nitrogen and oxygen atoms in total. The molecular weight excluding hydrogens is 524 g/mol. The molecule has 1 aliphatic carbocycles. The van der Waals surface area contributed by atoms with Crippen LogP contribution in [-0.2, 0) is 22.6 Å². The molecule has 12 heteroatoms. The predicted octanol–water partition coefficient (Wildman–Crippen LogP) is 1.30. The number of aromatic nitrogens is 2. The fraction of sp³-hybridized carbons (Fsp3) is 0.517. The Labute approximate surface area is 239 Å². The number of likely N-dealkylation sites (N-methyl/N-ethyl adjacent to an activating group) is 1. The second kappa shape index (κ2) is 12.6. The number of aldehydes is 1. The Morgan fingerprint density at radius 2 is 2.00 bits per heavy atom. The van der Waals surface area contributed by atoms with Crippen LogP contribution in [0.4, 0.5) is 11.6 Å². The molecule has 0 aromatic carbocycles. The van der Waals surface area contributed by atoms with Gasteiger partial charge in [-0.2, -0.15) is 5.26 Å². The predicted molar refractivity (Wildman–Crippen MR) is 152 cm³/mol. The van der Waals surface area contributed by atoms with Gasteiger partial charge in [0, 0.05) is 64.0 Å². The first kappa shape index (κ1) is 28.4. The van der Waals surface area contributed by atoms with Gasteiger partial charge in [0.15, 0.2) is 6.29 Å². The van der Waals surface area contributed by atoms with Gasteiger partial charge in [0.25, 0.3) is 0 Å². The Bertz CT molecular complexity index is 1330. The van der Waals surface area contributed by atoms with Crippen molar-refractivity contribution >= 4 is 30.2 Å². The number of pyridine rings is 2. The lowest BCUT2D eigenvalue weighted by molar-refractivity contribution is -0.139. The van der Waals surface area contributed by atoms with Crippen LogP contribution in [0.15, 0.2) is 18.3 Å². The maximum absolute atomic E-state index is 12.6. The molecule has 6 rings (SSSR count). The third-order valence-electron chi connectivity index (χ3n) is 7.88. The highest BCUT2D eigenvalue weighted by atomic mass is 16.5. The van der Waals surface area contributed by atoms with Crippen molar-refractivity contribution in [1.29, 1.82) is 5.26 Å². The van der Waals surface area contributed by atoms with Crippen molar-refractivity contribution in [3.63, 3.8) is 0 Å². The van der Waals surface area contributed by atoms with Crippen molar-refractivity contribution < 1.29 is 19.1 Å². The molecule has 2 saturated heterocycles. The van der Waals surface area contributed by atoms with E-state index < -0.39 is 0 Å². The Morgan fingerprint density at radius 3 is 2.63 bits per heavy atom. The Balaban J connectivity index is 0.000000202. The Kier molecular flexibility index (Phi) is 8.75. The molecule has 5 heterocycles. The highest BCUT2D eigenvalue weighted by Gasteiger charge is 2.34. The number of nitriles is 1. The monoisotopic (exact) mass is 560 g/mol. The second-order valence-corrected chi connectivity index (χ2v) is 10.9. The highest BCUT2D eigenvalue weighted by molar-refractivity contribution is 5.82. The standard InChI is InChI=1S/C19H25N5O3.C10H11N3O/c1-21-9-16(10-21)22-5-6-23(18(27)11-22)8-15-7-14-3-2-4-24(13-26)19(14)20-17(15)12-25;1-12-10-4-9(14-8-2-3-8)7(5-11)6-13-10/h7,12-13,16H,2-6,8-11H2,1H3;4,6,8H,2-3H2,1H3,(H,12,13). The van der Waals surface area contributed by atoms with Crippen molar-refractivity contribution in [1.82, 2.24) is 24.7 Å². The number of anilines is 2. The molecule has 4 aliphatic rings. The number of hydrogen-bond acceptors (Lipinski definition) is 10. The first-order valence-electron chi connectivity index (χ1n) is 14.1. The van der Waals surface area contributed by atoms with E-state index in [4.69, 9.17) is 10.00 Å². The quantitative estimate of drug-likeness (QED) is 0.471. The number of likely N-dealkylation sites (tertiary alicyclic amines) is 1. The minimum absolute atomic E-state index is 0.0971. The van der Waals surface area contributed by atoms with Gasteiger partial charge in [-0.05, 0) is 44.4 Å². The molecular formula is C29H36N8O4. The molecule has 0 atom stereocenters. The topological polar surface area (TPSA) is 135 Å². The third-order valence-corrected chi connectivity index (χ3v) is 7.88. The normalized spacial score (nSPS) is 19.3. The van der Waals surface area contributed by atoms with Crippen LogP contribution in [0.3, 0.4) is 0 Å². The molecule has 0 bridgehead atoms. The zero-order valence-corrected chi connectivity index (χ0v) is 23.6. The molecule has 2 aromatic heterocycles. The average Bonchev–Trinajstić information content (AvgIpc) is 3.80. The summed E-state index contributed by atoms with van der Waals surface area (Å²) in [5.41, 5.74) is 2.55. The van der Waals surface area contributed by atoms with Crippen LogP contribution in [0.2, 0.25) is 0 Å². The summed E-state index contributed by atoms with van der Waals surface area (Å²) >= 11 is 0. The summed E-state index contributed by atoms with van der Waals surface area (Å²) in [6.45, 7) is 5.01. The van der Waals surface area contributed by atoms with Crippen LogP contribution < -0.4 is 15.0 Å². The van der Waals surface area contributed by atoms with Crippen molar-refractivity contribution in [3.05, 3.63) is 40.7 Å². The molecule has 216 valence electrons. The van der Waals surface area contributed by atoms with Gasteiger partial charge in [0.05, 0.1) is 18.8 Å². The van der Waals surface area contributed by atoms with Gasteiger partial charge in [-0.3, -0.25) is 24.2 Å².